The maximum absolute atomic E-state index is 12.1. The monoisotopic (exact) mass is 316 g/mol. The molecule has 76 valence electrons. The Morgan fingerprint density at radius 2 is 0.933 bits per heavy atom. The predicted octanol–water partition coefficient (Wildman–Crippen LogP) is 1.10. The quantitative estimate of drug-likeness (QED) is 0.778. The van der Waals surface area contributed by atoms with Crippen LogP contribution in [0.2, 0.25) is 0 Å². The van der Waals surface area contributed by atoms with Crippen LogP contribution in [0.4, 0.5) is 0 Å². The van der Waals surface area contributed by atoms with Crippen LogP contribution < -0.4 is 7.22 Å². The van der Waals surface area contributed by atoms with Crippen LogP contribution in [0.5, 0.6) is 0 Å². The number of rotatable bonds is 2. The van der Waals surface area contributed by atoms with E-state index in [1.165, 1.54) is 0 Å². The van der Waals surface area contributed by atoms with Gasteiger partial charge in [-0.1, -0.05) is 0 Å². The van der Waals surface area contributed by atoms with E-state index in [1.54, 1.807) is 48.5 Å². The van der Waals surface area contributed by atoms with Crippen molar-refractivity contribution in [2.45, 2.75) is 0 Å². The van der Waals surface area contributed by atoms with E-state index in [9.17, 15) is 6.21 Å². The Kier molecular flexibility index (Phi) is 2.86. The van der Waals surface area contributed by atoms with Crippen molar-refractivity contribution < 1.29 is 6.21 Å². The van der Waals surface area contributed by atoms with Crippen molar-refractivity contribution in [3.63, 3.8) is 0 Å². The van der Waals surface area contributed by atoms with Crippen molar-refractivity contribution in [3.05, 3.63) is 60.7 Å². The third-order valence-corrected chi connectivity index (χ3v) is 7.20. The standard InChI is InChI=1S/C12H10O2Te/c13-15(14,11-7-3-1-4-8-11)12-9-5-2-6-10-12/h1-10H. The zero-order chi connectivity index (χ0) is 10.7. The van der Waals surface area contributed by atoms with Crippen LogP contribution in [0.3, 0.4) is 0 Å². The summed E-state index contributed by atoms with van der Waals surface area (Å²) in [7, 11) is 0. The molecular weight excluding hydrogens is 304 g/mol. The van der Waals surface area contributed by atoms with Gasteiger partial charge in [-0.25, -0.2) is 0 Å². The van der Waals surface area contributed by atoms with E-state index in [-0.39, 0.29) is 0 Å². The molecule has 0 saturated carbocycles. The molecule has 0 amide bonds. The number of hydrogen-bond acceptors (Lipinski definition) is 2. The Morgan fingerprint density at radius 3 is 1.27 bits per heavy atom. The fourth-order valence-corrected chi connectivity index (χ4v) is 5.05. The van der Waals surface area contributed by atoms with Crippen molar-refractivity contribution in [3.8, 4) is 0 Å². The average Bonchev–Trinajstić information content (AvgIpc) is 2.31. The van der Waals surface area contributed by atoms with Crippen LogP contribution in [-0.4, -0.2) is 18.1 Å². The van der Waals surface area contributed by atoms with Crippen molar-refractivity contribution in [2.24, 2.45) is 0 Å². The normalized spacial score (nSPS) is 11.2. The van der Waals surface area contributed by atoms with Gasteiger partial charge >= 0.3 is 92.2 Å². The van der Waals surface area contributed by atoms with Gasteiger partial charge in [0.2, 0.25) is 0 Å². The van der Waals surface area contributed by atoms with Crippen molar-refractivity contribution in [2.75, 3.05) is 0 Å². The van der Waals surface area contributed by atoms with E-state index >= 15 is 0 Å². The maximum atomic E-state index is 12.1. The summed E-state index contributed by atoms with van der Waals surface area (Å²) in [5.74, 6) is 0. The fraction of sp³-hybridized carbons (Fsp3) is 0. The molecule has 2 nitrogen and oxygen atoms in total. The molecule has 2 rings (SSSR count). The molecule has 0 saturated heterocycles. The van der Waals surface area contributed by atoms with E-state index in [4.69, 9.17) is 0 Å². The van der Waals surface area contributed by atoms with E-state index in [0.29, 0.717) is 7.22 Å². The minimum absolute atomic E-state index is 0.436. The summed E-state index contributed by atoms with van der Waals surface area (Å²) in [6, 6.07) is 17.2. The van der Waals surface area contributed by atoms with Crippen LogP contribution >= 0.6 is 0 Å². The third-order valence-electron chi connectivity index (χ3n) is 2.11. The van der Waals surface area contributed by atoms with Gasteiger partial charge in [0, 0.05) is 0 Å². The van der Waals surface area contributed by atoms with Crippen LogP contribution in [0, 0.1) is 0 Å². The van der Waals surface area contributed by atoms with Gasteiger partial charge in [-0.05, 0) is 0 Å². The second-order valence-corrected chi connectivity index (χ2v) is 8.69. The summed E-state index contributed by atoms with van der Waals surface area (Å²) in [6.45, 7) is 0. The Bertz CT molecular complexity index is 485. The topological polar surface area (TPSA) is 34.1 Å². The van der Waals surface area contributed by atoms with Gasteiger partial charge in [-0.15, -0.1) is 0 Å². The van der Waals surface area contributed by atoms with Crippen LogP contribution in [-0.2, 0) is 6.21 Å². The van der Waals surface area contributed by atoms with E-state index in [0.717, 1.165) is 0 Å². The molecule has 0 radical (unpaired) electrons. The summed E-state index contributed by atoms with van der Waals surface area (Å²) in [4.78, 5) is 0. The summed E-state index contributed by atoms with van der Waals surface area (Å²) >= 11 is -4.52. The first kappa shape index (κ1) is 10.4. The molecule has 0 bridgehead atoms. The Morgan fingerprint density at radius 1 is 0.600 bits per heavy atom. The molecule has 0 aliphatic heterocycles. The van der Waals surface area contributed by atoms with E-state index in [2.05, 4.69) is 0 Å². The fourth-order valence-electron chi connectivity index (χ4n) is 1.34. The Balaban J connectivity index is 2.55. The molecule has 0 fully saturated rings. The summed E-state index contributed by atoms with van der Waals surface area (Å²) in [5.41, 5.74) is 0. The molecule has 0 heterocycles. The van der Waals surface area contributed by atoms with E-state index < -0.39 is 18.1 Å². The van der Waals surface area contributed by atoms with Crippen LogP contribution in [0.25, 0.3) is 0 Å². The first-order valence-electron chi connectivity index (χ1n) is 4.56. The van der Waals surface area contributed by atoms with Crippen LogP contribution in [0.1, 0.15) is 0 Å². The molecule has 2 aromatic carbocycles. The molecule has 0 unspecified atom stereocenters. The zero-order valence-electron chi connectivity index (χ0n) is 8.00. The molecule has 0 spiro atoms. The number of hydrogen-bond donors (Lipinski definition) is 0. The van der Waals surface area contributed by atoms with Gasteiger partial charge in [0.25, 0.3) is 0 Å². The molecule has 0 N–H and O–H groups in total. The molecular formula is C12H10O2Te. The SMILES string of the molecule is O=[Te](=O)(c1ccccc1)c1ccccc1. The Labute approximate surface area is 92.1 Å². The van der Waals surface area contributed by atoms with Gasteiger partial charge in [-0.3, -0.25) is 0 Å². The molecule has 0 aliphatic rings. The second kappa shape index (κ2) is 4.14. The average molecular weight is 314 g/mol. The minimum atomic E-state index is -4.52. The summed E-state index contributed by atoms with van der Waals surface area (Å²) in [6.07, 6.45) is 0. The summed E-state index contributed by atoms with van der Waals surface area (Å²) in [5, 5.41) is 0. The van der Waals surface area contributed by atoms with Crippen molar-refractivity contribution in [1.82, 2.24) is 0 Å². The molecule has 2 aromatic rings. The second-order valence-electron chi connectivity index (χ2n) is 3.13. The summed E-state index contributed by atoms with van der Waals surface area (Å²) < 4.78 is 25.2. The number of benzene rings is 2. The van der Waals surface area contributed by atoms with Gasteiger partial charge in [0.05, 0.1) is 0 Å². The molecule has 3 heteroatoms. The van der Waals surface area contributed by atoms with Crippen molar-refractivity contribution >= 4 is 25.4 Å². The molecule has 0 aliphatic carbocycles. The zero-order valence-corrected chi connectivity index (χ0v) is 10.3. The van der Waals surface area contributed by atoms with Gasteiger partial charge in [0.15, 0.2) is 0 Å². The Hall–Kier alpha value is -1.17. The van der Waals surface area contributed by atoms with Gasteiger partial charge < -0.3 is 0 Å². The van der Waals surface area contributed by atoms with E-state index in [1.807, 2.05) is 12.1 Å². The first-order chi connectivity index (χ1) is 7.21. The predicted molar refractivity (Wildman–Crippen MR) is 59.3 cm³/mol. The van der Waals surface area contributed by atoms with Gasteiger partial charge in [-0.2, -0.15) is 0 Å². The molecule has 0 aromatic heterocycles. The van der Waals surface area contributed by atoms with Crippen molar-refractivity contribution in [1.29, 1.82) is 0 Å². The van der Waals surface area contributed by atoms with Gasteiger partial charge in [0.1, 0.15) is 0 Å². The third kappa shape index (κ3) is 2.09. The molecule has 0 atom stereocenters. The first-order valence-corrected chi connectivity index (χ1v) is 8.80. The van der Waals surface area contributed by atoms with Crippen LogP contribution in [0.15, 0.2) is 60.7 Å². The molecule has 15 heavy (non-hydrogen) atoms.